The minimum absolute atomic E-state index is 0.101. The van der Waals surface area contributed by atoms with Gasteiger partial charge in [-0.25, -0.2) is 15.0 Å². The molecule has 0 bridgehead atoms. The number of benzene rings is 1. The van der Waals surface area contributed by atoms with Crippen LogP contribution >= 0.6 is 0 Å². The third kappa shape index (κ3) is 3.65. The number of hydrogen-bond acceptors (Lipinski definition) is 6. The van der Waals surface area contributed by atoms with Gasteiger partial charge in [-0.05, 0) is 24.7 Å². The van der Waals surface area contributed by atoms with Crippen LogP contribution in [0.1, 0.15) is 6.92 Å². The number of aromatic nitrogens is 4. The minimum Gasteiger partial charge on any atom is -0.343 e. The first-order chi connectivity index (χ1) is 13.2. The maximum Gasteiger partial charge on any atom is 0.241 e. The lowest BCUT2D eigenvalue weighted by molar-refractivity contribution is -0.121. The van der Waals surface area contributed by atoms with Crippen molar-refractivity contribution in [3.8, 4) is 11.4 Å². The number of piperazine rings is 1. The molecule has 0 radical (unpaired) electrons. The molecular weight excluding hydrogens is 342 g/mol. The third-order valence-corrected chi connectivity index (χ3v) is 4.62. The van der Waals surface area contributed by atoms with Crippen LogP contribution in [0.5, 0.6) is 0 Å². The molecule has 0 atom stereocenters. The number of H-pyrrole nitrogens is 1. The van der Waals surface area contributed by atoms with Gasteiger partial charge in [0.2, 0.25) is 11.9 Å². The van der Waals surface area contributed by atoms with E-state index in [4.69, 9.17) is 0 Å². The first-order valence-corrected chi connectivity index (χ1v) is 8.95. The van der Waals surface area contributed by atoms with Crippen LogP contribution in [0.2, 0.25) is 0 Å². The van der Waals surface area contributed by atoms with Crippen LogP contribution in [0, 0.1) is 0 Å². The normalized spacial score (nSPS) is 15.1. The predicted octanol–water partition coefficient (Wildman–Crippen LogP) is 2.28. The minimum atomic E-state index is 0.101. The van der Waals surface area contributed by atoms with E-state index in [-0.39, 0.29) is 5.91 Å². The lowest BCUT2D eigenvalue weighted by atomic mass is 10.2. The zero-order chi connectivity index (χ0) is 18.6. The standard InChI is InChI=1S/C19H21N7O/c1-2-25-9-10-26(18(27)12-25)17-6-4-3-5-15(17)24-19-21-8-7-14(23-19)16-11-20-13-22-16/h3-8,11,13H,2,9-10,12H2,1H3,(H,20,22)(H,21,23,24). The number of rotatable bonds is 5. The number of carbonyl (C=O) groups is 1. The molecule has 0 spiro atoms. The van der Waals surface area contributed by atoms with Crippen LogP contribution in [0.15, 0.2) is 49.1 Å². The fourth-order valence-electron chi connectivity index (χ4n) is 3.15. The summed E-state index contributed by atoms with van der Waals surface area (Å²) in [5.41, 5.74) is 3.21. The monoisotopic (exact) mass is 363 g/mol. The van der Waals surface area contributed by atoms with Crippen molar-refractivity contribution in [1.82, 2.24) is 24.8 Å². The van der Waals surface area contributed by atoms with Gasteiger partial charge in [0.1, 0.15) is 0 Å². The fraction of sp³-hybridized carbons (Fsp3) is 0.263. The van der Waals surface area contributed by atoms with E-state index in [1.54, 1.807) is 18.7 Å². The number of imidazole rings is 1. The molecule has 0 aliphatic carbocycles. The highest BCUT2D eigenvalue weighted by Gasteiger charge is 2.25. The molecule has 8 nitrogen and oxygen atoms in total. The number of nitrogens with zero attached hydrogens (tertiary/aromatic N) is 5. The molecule has 27 heavy (non-hydrogen) atoms. The Morgan fingerprint density at radius 3 is 2.89 bits per heavy atom. The van der Waals surface area contributed by atoms with Gasteiger partial charge >= 0.3 is 0 Å². The lowest BCUT2D eigenvalue weighted by Gasteiger charge is -2.34. The Bertz CT molecular complexity index is 925. The topological polar surface area (TPSA) is 90.0 Å². The zero-order valence-corrected chi connectivity index (χ0v) is 15.1. The van der Waals surface area contributed by atoms with Gasteiger partial charge in [-0.2, -0.15) is 0 Å². The Hall–Kier alpha value is -3.26. The van der Waals surface area contributed by atoms with E-state index in [2.05, 4.69) is 37.1 Å². The number of amides is 1. The van der Waals surface area contributed by atoms with Gasteiger partial charge in [0.25, 0.3) is 0 Å². The summed E-state index contributed by atoms with van der Waals surface area (Å²) in [4.78, 5) is 32.5. The molecule has 0 saturated carbocycles. The molecule has 4 rings (SSSR count). The molecule has 1 aliphatic rings. The van der Waals surface area contributed by atoms with Crippen molar-refractivity contribution in [2.75, 3.05) is 36.4 Å². The van der Waals surface area contributed by atoms with Crippen molar-refractivity contribution in [3.05, 3.63) is 49.1 Å². The lowest BCUT2D eigenvalue weighted by Crippen LogP contribution is -2.50. The summed E-state index contributed by atoms with van der Waals surface area (Å²) in [6.45, 7) is 4.93. The average Bonchev–Trinajstić information content (AvgIpc) is 3.24. The van der Waals surface area contributed by atoms with Crippen molar-refractivity contribution < 1.29 is 4.79 Å². The molecule has 1 aromatic carbocycles. The van der Waals surface area contributed by atoms with Gasteiger partial charge in [0.15, 0.2) is 0 Å². The Kier molecular flexibility index (Phi) is 4.80. The highest BCUT2D eigenvalue weighted by molar-refractivity contribution is 5.98. The van der Waals surface area contributed by atoms with Crippen molar-refractivity contribution in [3.63, 3.8) is 0 Å². The van der Waals surface area contributed by atoms with E-state index in [9.17, 15) is 4.79 Å². The number of nitrogens with one attached hydrogen (secondary N) is 2. The van der Waals surface area contributed by atoms with Crippen molar-refractivity contribution in [2.45, 2.75) is 6.92 Å². The maximum absolute atomic E-state index is 12.6. The highest BCUT2D eigenvalue weighted by Crippen LogP contribution is 2.29. The smallest absolute Gasteiger partial charge is 0.241 e. The van der Waals surface area contributed by atoms with E-state index in [0.29, 0.717) is 19.0 Å². The highest BCUT2D eigenvalue weighted by atomic mass is 16.2. The van der Waals surface area contributed by atoms with Crippen molar-refractivity contribution in [2.24, 2.45) is 0 Å². The summed E-state index contributed by atoms with van der Waals surface area (Å²) in [6, 6.07) is 9.55. The number of hydrogen-bond donors (Lipinski definition) is 2. The van der Waals surface area contributed by atoms with Crippen LogP contribution in [0.3, 0.4) is 0 Å². The van der Waals surface area contributed by atoms with E-state index in [1.165, 1.54) is 0 Å². The molecule has 1 fully saturated rings. The predicted molar refractivity (Wildman–Crippen MR) is 104 cm³/mol. The summed E-state index contributed by atoms with van der Waals surface area (Å²) in [6.07, 6.45) is 5.02. The fourth-order valence-corrected chi connectivity index (χ4v) is 3.15. The second-order valence-electron chi connectivity index (χ2n) is 6.29. The number of aromatic amines is 1. The summed E-state index contributed by atoms with van der Waals surface area (Å²) < 4.78 is 0. The van der Waals surface area contributed by atoms with E-state index in [1.807, 2.05) is 35.2 Å². The number of likely N-dealkylation sites (N-methyl/N-ethyl adjacent to an activating group) is 1. The average molecular weight is 363 g/mol. The van der Waals surface area contributed by atoms with Gasteiger partial charge in [0, 0.05) is 19.3 Å². The molecule has 1 aliphatic heterocycles. The van der Waals surface area contributed by atoms with Crippen molar-refractivity contribution in [1.29, 1.82) is 0 Å². The Morgan fingerprint density at radius 1 is 1.22 bits per heavy atom. The summed E-state index contributed by atoms with van der Waals surface area (Å²) in [5, 5.41) is 3.25. The molecule has 2 N–H and O–H groups in total. The molecule has 1 amide bonds. The molecule has 0 unspecified atom stereocenters. The summed E-state index contributed by atoms with van der Waals surface area (Å²) in [7, 11) is 0. The summed E-state index contributed by atoms with van der Waals surface area (Å²) >= 11 is 0. The van der Waals surface area contributed by atoms with Gasteiger partial charge in [-0.3, -0.25) is 9.69 Å². The SMILES string of the molecule is CCN1CCN(c2ccccc2Nc2nccc(-c3cnc[nH]3)n2)C(=O)C1. The van der Waals surface area contributed by atoms with Gasteiger partial charge in [0.05, 0.1) is 41.8 Å². The Morgan fingerprint density at radius 2 is 2.11 bits per heavy atom. The van der Waals surface area contributed by atoms with Crippen molar-refractivity contribution >= 4 is 23.2 Å². The first-order valence-electron chi connectivity index (χ1n) is 8.95. The molecule has 3 aromatic rings. The van der Waals surface area contributed by atoms with E-state index < -0.39 is 0 Å². The van der Waals surface area contributed by atoms with Gasteiger partial charge in [-0.15, -0.1) is 0 Å². The van der Waals surface area contributed by atoms with E-state index >= 15 is 0 Å². The molecular formula is C19H21N7O. The Labute approximate surface area is 157 Å². The molecule has 138 valence electrons. The zero-order valence-electron chi connectivity index (χ0n) is 15.1. The van der Waals surface area contributed by atoms with Crippen LogP contribution in [-0.4, -0.2) is 56.9 Å². The van der Waals surface area contributed by atoms with Crippen LogP contribution in [0.25, 0.3) is 11.4 Å². The molecule has 3 heterocycles. The van der Waals surface area contributed by atoms with Gasteiger partial charge < -0.3 is 15.2 Å². The second kappa shape index (κ2) is 7.55. The molecule has 2 aromatic heterocycles. The maximum atomic E-state index is 12.6. The van der Waals surface area contributed by atoms with Crippen LogP contribution in [-0.2, 0) is 4.79 Å². The molecule has 1 saturated heterocycles. The second-order valence-corrected chi connectivity index (χ2v) is 6.29. The van der Waals surface area contributed by atoms with Crippen LogP contribution in [0.4, 0.5) is 17.3 Å². The quantitative estimate of drug-likeness (QED) is 0.723. The molecule has 8 heteroatoms. The first kappa shape index (κ1) is 17.2. The largest absolute Gasteiger partial charge is 0.343 e. The number of anilines is 3. The Balaban J connectivity index is 1.59. The van der Waals surface area contributed by atoms with E-state index in [0.717, 1.165) is 35.9 Å². The van der Waals surface area contributed by atoms with Crippen LogP contribution < -0.4 is 10.2 Å². The number of para-hydroxylation sites is 2. The summed E-state index contributed by atoms with van der Waals surface area (Å²) in [5.74, 6) is 0.568. The van der Waals surface area contributed by atoms with Gasteiger partial charge in [-0.1, -0.05) is 19.1 Å². The number of carbonyl (C=O) groups excluding carboxylic acids is 1. The third-order valence-electron chi connectivity index (χ3n) is 4.62.